The van der Waals surface area contributed by atoms with Crippen molar-refractivity contribution in [2.45, 2.75) is 6.18 Å². The van der Waals surface area contributed by atoms with E-state index in [4.69, 9.17) is 11.6 Å². The van der Waals surface area contributed by atoms with Crippen molar-refractivity contribution in [2.75, 3.05) is 32.4 Å². The number of carbonyl (C=O) groups is 1. The van der Waals surface area contributed by atoms with Crippen LogP contribution < -0.4 is 0 Å². The highest BCUT2D eigenvalue weighted by Gasteiger charge is 2.37. The number of nitrogens with zero attached hydrogens (tertiary/aromatic N) is 2. The molecule has 0 spiro atoms. The number of likely N-dealkylation sites (N-methyl/N-ethyl adjacent to an activating group) is 1. The predicted molar refractivity (Wildman–Crippen MR) is 56.0 cm³/mol. The summed E-state index contributed by atoms with van der Waals surface area (Å²) in [6, 6.07) is 0. The number of hydrogen-bond acceptors (Lipinski definition) is 3. The third-order valence-electron chi connectivity index (χ3n) is 1.70. The van der Waals surface area contributed by atoms with Gasteiger partial charge in [-0.1, -0.05) is 0 Å². The van der Waals surface area contributed by atoms with Crippen molar-refractivity contribution in [1.82, 2.24) is 9.21 Å². The van der Waals surface area contributed by atoms with Crippen LogP contribution in [-0.2, 0) is 14.8 Å². The molecule has 0 rings (SSSR count). The highest BCUT2D eigenvalue weighted by Crippen LogP contribution is 2.19. The Balaban J connectivity index is 4.95. The first kappa shape index (κ1) is 16.5. The minimum absolute atomic E-state index is 0.0162. The maximum Gasteiger partial charge on any atom is 0.402 e. The molecule has 0 aromatic rings. The second-order valence-corrected chi connectivity index (χ2v) is 5.95. The molecule has 0 aliphatic rings. The fourth-order valence-corrected chi connectivity index (χ4v) is 2.02. The van der Waals surface area contributed by atoms with Crippen LogP contribution in [0, 0.1) is 0 Å². The molecule has 0 saturated heterocycles. The molecule has 0 bridgehead atoms. The van der Waals surface area contributed by atoms with E-state index in [0.717, 1.165) is 4.90 Å². The maximum atomic E-state index is 12.1. The Morgan fingerprint density at radius 3 is 2.06 bits per heavy atom. The topological polar surface area (TPSA) is 57.7 Å². The maximum absolute atomic E-state index is 12.1. The van der Waals surface area contributed by atoms with Gasteiger partial charge in [-0.25, -0.2) is 8.42 Å². The summed E-state index contributed by atoms with van der Waals surface area (Å²) in [6.07, 6.45) is -4.73. The van der Waals surface area contributed by atoms with Crippen LogP contribution >= 0.6 is 11.6 Å². The Bertz CT molecular complexity index is 369. The van der Waals surface area contributed by atoms with Crippen molar-refractivity contribution in [3.05, 3.63) is 0 Å². The van der Waals surface area contributed by atoms with Gasteiger partial charge < -0.3 is 4.90 Å². The first-order valence-corrected chi connectivity index (χ1v) is 6.44. The lowest BCUT2D eigenvalue weighted by molar-refractivity contribution is -0.141. The van der Waals surface area contributed by atoms with Gasteiger partial charge in [-0.3, -0.25) is 4.79 Å². The summed E-state index contributed by atoms with van der Waals surface area (Å²) in [4.78, 5) is 12.2. The number of carbonyl (C=O) groups excluding carboxylic acids is 1. The van der Waals surface area contributed by atoms with Crippen molar-refractivity contribution >= 4 is 27.5 Å². The van der Waals surface area contributed by atoms with E-state index in [0.29, 0.717) is 0 Å². The van der Waals surface area contributed by atoms with Crippen LogP contribution in [0.5, 0.6) is 0 Å². The molecule has 0 saturated carbocycles. The number of halogens is 4. The van der Waals surface area contributed by atoms with E-state index < -0.39 is 40.4 Å². The van der Waals surface area contributed by atoms with Crippen molar-refractivity contribution in [3.8, 4) is 0 Å². The normalized spacial score (nSPS) is 12.9. The number of amides is 1. The molecule has 0 unspecified atom stereocenters. The third-order valence-corrected chi connectivity index (χ3v) is 3.85. The summed E-state index contributed by atoms with van der Waals surface area (Å²) in [5, 5.41) is -1.01. The zero-order chi connectivity index (χ0) is 13.9. The van der Waals surface area contributed by atoms with E-state index in [9.17, 15) is 26.4 Å². The lowest BCUT2D eigenvalue weighted by Crippen LogP contribution is -2.45. The van der Waals surface area contributed by atoms with E-state index in [2.05, 4.69) is 0 Å². The smallest absolute Gasteiger partial charge is 0.348 e. The van der Waals surface area contributed by atoms with Crippen LogP contribution in [0.15, 0.2) is 0 Å². The average molecular weight is 297 g/mol. The molecule has 0 aromatic carbocycles. The van der Waals surface area contributed by atoms with Crippen LogP contribution in [0.4, 0.5) is 13.2 Å². The molecule has 1 amide bonds. The molecule has 0 fully saturated rings. The van der Waals surface area contributed by atoms with Crippen molar-refractivity contribution < 1.29 is 26.4 Å². The van der Waals surface area contributed by atoms with Gasteiger partial charge in [-0.05, 0) is 0 Å². The monoisotopic (exact) mass is 296 g/mol. The SMILES string of the molecule is CN(C)C(=O)CN(CC(F)(F)F)S(=O)(=O)CCl. The highest BCUT2D eigenvalue weighted by molar-refractivity contribution is 7.90. The van der Waals surface area contributed by atoms with Crippen LogP contribution in [0.25, 0.3) is 0 Å². The zero-order valence-corrected chi connectivity index (χ0v) is 10.7. The van der Waals surface area contributed by atoms with Gasteiger partial charge in [0.25, 0.3) is 0 Å². The molecule has 0 radical (unpaired) electrons. The Hall–Kier alpha value is -0.540. The van der Waals surface area contributed by atoms with E-state index in [1.54, 1.807) is 0 Å². The number of alkyl halides is 4. The van der Waals surface area contributed by atoms with E-state index in [1.807, 2.05) is 0 Å². The summed E-state index contributed by atoms with van der Waals surface area (Å²) < 4.78 is 59.0. The van der Waals surface area contributed by atoms with Gasteiger partial charge in [0.05, 0.1) is 6.54 Å². The highest BCUT2D eigenvalue weighted by atomic mass is 35.5. The van der Waals surface area contributed by atoms with Crippen LogP contribution in [0.3, 0.4) is 0 Å². The quantitative estimate of drug-likeness (QED) is 0.693. The Morgan fingerprint density at radius 1 is 1.29 bits per heavy atom. The Kier molecular flexibility index (Phi) is 5.69. The largest absolute Gasteiger partial charge is 0.402 e. The van der Waals surface area contributed by atoms with E-state index >= 15 is 0 Å². The van der Waals surface area contributed by atoms with E-state index in [-0.39, 0.29) is 4.31 Å². The third kappa shape index (κ3) is 6.08. The average Bonchev–Trinajstić information content (AvgIpc) is 2.14. The first-order valence-electron chi connectivity index (χ1n) is 4.30. The fourth-order valence-electron chi connectivity index (χ4n) is 0.814. The standard InChI is InChI=1S/C7H12ClF3N2O3S/c1-12(2)6(14)3-13(4-7(9,10)11)17(15,16)5-8/h3-5H2,1-2H3. The van der Waals surface area contributed by atoms with Gasteiger partial charge >= 0.3 is 6.18 Å². The number of hydrogen-bond donors (Lipinski definition) is 0. The summed E-state index contributed by atoms with van der Waals surface area (Å²) in [5.41, 5.74) is 0. The van der Waals surface area contributed by atoms with Gasteiger partial charge in [0, 0.05) is 14.1 Å². The molecule has 0 N–H and O–H groups in total. The Morgan fingerprint density at radius 2 is 1.76 bits per heavy atom. The number of rotatable bonds is 5. The second-order valence-electron chi connectivity index (χ2n) is 3.39. The second kappa shape index (κ2) is 5.87. The summed E-state index contributed by atoms with van der Waals surface area (Å²) in [7, 11) is -1.68. The van der Waals surface area contributed by atoms with Crippen LogP contribution in [0.1, 0.15) is 0 Å². The van der Waals surface area contributed by atoms with Crippen LogP contribution in [-0.4, -0.2) is 62.1 Å². The molecular formula is C7H12ClF3N2O3S. The van der Waals surface area contributed by atoms with Crippen molar-refractivity contribution in [1.29, 1.82) is 0 Å². The summed E-state index contributed by atoms with van der Waals surface area (Å²) in [6.45, 7) is -2.62. The molecule has 0 aromatic heterocycles. The van der Waals surface area contributed by atoms with E-state index in [1.165, 1.54) is 14.1 Å². The molecule has 10 heteroatoms. The summed E-state index contributed by atoms with van der Waals surface area (Å²) >= 11 is 5.06. The molecule has 102 valence electrons. The van der Waals surface area contributed by atoms with Gasteiger partial charge in [0.15, 0.2) is 0 Å². The molecule has 5 nitrogen and oxygen atoms in total. The van der Waals surface area contributed by atoms with Crippen molar-refractivity contribution in [3.63, 3.8) is 0 Å². The van der Waals surface area contributed by atoms with Gasteiger partial charge in [-0.15, -0.1) is 11.6 Å². The van der Waals surface area contributed by atoms with Gasteiger partial charge in [-0.2, -0.15) is 17.5 Å². The molecule has 0 heterocycles. The summed E-state index contributed by atoms with van der Waals surface area (Å²) in [5.74, 6) is -0.761. The first-order chi connectivity index (χ1) is 7.49. The molecule has 0 atom stereocenters. The molecular weight excluding hydrogens is 285 g/mol. The van der Waals surface area contributed by atoms with Gasteiger partial charge in [0.2, 0.25) is 15.9 Å². The predicted octanol–water partition coefficient (Wildman–Crippen LogP) is 0.465. The number of sulfonamides is 1. The zero-order valence-electron chi connectivity index (χ0n) is 9.16. The molecule has 0 aliphatic carbocycles. The molecule has 17 heavy (non-hydrogen) atoms. The van der Waals surface area contributed by atoms with Gasteiger partial charge in [0.1, 0.15) is 11.8 Å². The van der Waals surface area contributed by atoms with Crippen LogP contribution in [0.2, 0.25) is 0 Å². The lowest BCUT2D eigenvalue weighted by atomic mass is 10.5. The lowest BCUT2D eigenvalue weighted by Gasteiger charge is -2.23. The Labute approximate surface area is 102 Å². The van der Waals surface area contributed by atoms with Crippen molar-refractivity contribution in [2.24, 2.45) is 0 Å². The molecule has 0 aliphatic heterocycles. The minimum atomic E-state index is -4.73. The fraction of sp³-hybridized carbons (Fsp3) is 0.857. The minimum Gasteiger partial charge on any atom is -0.348 e.